The van der Waals surface area contributed by atoms with Crippen molar-refractivity contribution in [3.8, 4) is 0 Å². The molecule has 4 rings (SSSR count). The molecular weight excluding hydrogens is 362 g/mol. The Hall–Kier alpha value is -2.89. The zero-order chi connectivity index (χ0) is 19.0. The molecular formula is C21H18ClN3O2. The van der Waals surface area contributed by atoms with E-state index in [9.17, 15) is 9.90 Å². The number of aryl methyl sites for hydroxylation is 1. The number of benzene rings is 2. The van der Waals surface area contributed by atoms with Crippen molar-refractivity contribution in [2.24, 2.45) is 7.05 Å². The van der Waals surface area contributed by atoms with Gasteiger partial charge in [0, 0.05) is 41.9 Å². The van der Waals surface area contributed by atoms with Gasteiger partial charge < -0.3 is 14.2 Å². The Morgan fingerprint density at radius 2 is 1.85 bits per heavy atom. The summed E-state index contributed by atoms with van der Waals surface area (Å²) in [5, 5.41) is 10.9. The van der Waals surface area contributed by atoms with Crippen LogP contribution in [0.25, 0.3) is 10.9 Å². The van der Waals surface area contributed by atoms with Crippen LogP contribution in [-0.4, -0.2) is 25.0 Å². The van der Waals surface area contributed by atoms with Crippen molar-refractivity contribution in [3.05, 3.63) is 88.6 Å². The molecule has 0 saturated heterocycles. The third kappa shape index (κ3) is 3.27. The fourth-order valence-electron chi connectivity index (χ4n) is 3.28. The van der Waals surface area contributed by atoms with Gasteiger partial charge in [0.05, 0.1) is 17.9 Å². The molecule has 0 bridgehead atoms. The summed E-state index contributed by atoms with van der Waals surface area (Å²) in [6.07, 6.45) is 3.54. The monoisotopic (exact) mass is 379 g/mol. The minimum Gasteiger partial charge on any atom is -0.390 e. The van der Waals surface area contributed by atoms with Crippen LogP contribution < -0.4 is 0 Å². The maximum absolute atomic E-state index is 13.1. The maximum atomic E-state index is 13.1. The summed E-state index contributed by atoms with van der Waals surface area (Å²) >= 11 is 5.97. The molecule has 0 amide bonds. The van der Waals surface area contributed by atoms with Crippen molar-refractivity contribution in [1.29, 1.82) is 0 Å². The minimum atomic E-state index is -0.195. The van der Waals surface area contributed by atoms with E-state index in [1.54, 1.807) is 17.8 Å². The van der Waals surface area contributed by atoms with E-state index in [0.717, 1.165) is 16.5 Å². The van der Waals surface area contributed by atoms with E-state index in [2.05, 4.69) is 9.55 Å². The van der Waals surface area contributed by atoms with Crippen molar-refractivity contribution in [2.75, 3.05) is 0 Å². The summed E-state index contributed by atoms with van der Waals surface area (Å²) in [6.45, 7) is 0.437. The molecule has 0 radical (unpaired) electrons. The molecule has 2 aromatic carbocycles. The number of aliphatic hydroxyl groups is 1. The van der Waals surface area contributed by atoms with Crippen molar-refractivity contribution >= 4 is 28.3 Å². The second-order valence-electron chi connectivity index (χ2n) is 6.47. The topological polar surface area (TPSA) is 60.0 Å². The molecule has 0 unspecified atom stereocenters. The van der Waals surface area contributed by atoms with Crippen LogP contribution in [0.2, 0.25) is 5.02 Å². The number of aromatic nitrogens is 3. The third-order valence-corrected chi connectivity index (χ3v) is 4.84. The van der Waals surface area contributed by atoms with Crippen LogP contribution in [0.4, 0.5) is 0 Å². The van der Waals surface area contributed by atoms with Gasteiger partial charge in [-0.2, -0.15) is 0 Å². The van der Waals surface area contributed by atoms with Gasteiger partial charge in [-0.15, -0.1) is 0 Å². The number of imidazole rings is 1. The molecule has 136 valence electrons. The van der Waals surface area contributed by atoms with Crippen molar-refractivity contribution < 1.29 is 9.90 Å². The highest BCUT2D eigenvalue weighted by atomic mass is 35.5. The Kier molecular flexibility index (Phi) is 4.56. The van der Waals surface area contributed by atoms with Crippen LogP contribution in [0.5, 0.6) is 0 Å². The lowest BCUT2D eigenvalue weighted by molar-refractivity contribution is 0.102. The van der Waals surface area contributed by atoms with E-state index >= 15 is 0 Å². The van der Waals surface area contributed by atoms with Crippen molar-refractivity contribution in [3.63, 3.8) is 0 Å². The van der Waals surface area contributed by atoms with Gasteiger partial charge in [-0.25, -0.2) is 4.98 Å². The van der Waals surface area contributed by atoms with Gasteiger partial charge in [0.2, 0.25) is 5.78 Å². The third-order valence-electron chi connectivity index (χ3n) is 4.59. The van der Waals surface area contributed by atoms with Gasteiger partial charge in [0.15, 0.2) is 5.82 Å². The molecule has 0 spiro atoms. The molecule has 0 aliphatic heterocycles. The summed E-state index contributed by atoms with van der Waals surface area (Å²) in [5.74, 6) is 0.150. The molecule has 6 heteroatoms. The SMILES string of the molecule is Cn1cc(CO)nc1C(=O)c1cn(Cc2ccc(Cl)cc2)c2ccccc12. The Balaban J connectivity index is 1.78. The average molecular weight is 380 g/mol. The number of para-hydroxylation sites is 1. The van der Waals surface area contributed by atoms with Crippen LogP contribution in [0.15, 0.2) is 60.9 Å². The van der Waals surface area contributed by atoms with Gasteiger partial charge in [-0.1, -0.05) is 41.9 Å². The van der Waals surface area contributed by atoms with Gasteiger partial charge in [0.1, 0.15) is 0 Å². The number of aliphatic hydroxyl groups excluding tert-OH is 1. The van der Waals surface area contributed by atoms with E-state index in [-0.39, 0.29) is 12.4 Å². The van der Waals surface area contributed by atoms with E-state index < -0.39 is 0 Å². The van der Waals surface area contributed by atoms with Crippen LogP contribution >= 0.6 is 11.6 Å². The first kappa shape index (κ1) is 17.5. The zero-order valence-electron chi connectivity index (χ0n) is 14.8. The normalized spacial score (nSPS) is 11.2. The van der Waals surface area contributed by atoms with Crippen molar-refractivity contribution in [2.45, 2.75) is 13.2 Å². The number of rotatable bonds is 5. The second kappa shape index (κ2) is 7.02. The molecule has 2 aromatic heterocycles. The Morgan fingerprint density at radius 1 is 1.11 bits per heavy atom. The first-order valence-corrected chi connectivity index (χ1v) is 8.94. The molecule has 4 aromatic rings. The zero-order valence-corrected chi connectivity index (χ0v) is 15.5. The quantitative estimate of drug-likeness (QED) is 0.536. The van der Waals surface area contributed by atoms with Gasteiger partial charge in [-0.3, -0.25) is 4.79 Å². The summed E-state index contributed by atoms with van der Waals surface area (Å²) < 4.78 is 3.71. The molecule has 27 heavy (non-hydrogen) atoms. The highest BCUT2D eigenvalue weighted by molar-refractivity contribution is 6.30. The summed E-state index contributed by atoms with van der Waals surface area (Å²) in [5.41, 5.74) is 3.15. The molecule has 0 saturated carbocycles. The van der Waals surface area contributed by atoms with Crippen LogP contribution in [0, 0.1) is 0 Å². The average Bonchev–Trinajstić information content (AvgIpc) is 3.24. The number of halogens is 1. The fraction of sp³-hybridized carbons (Fsp3) is 0.143. The molecule has 0 aliphatic rings. The molecule has 0 atom stereocenters. The molecule has 0 aliphatic carbocycles. The predicted octanol–water partition coefficient (Wildman–Crippen LogP) is 3.80. The largest absolute Gasteiger partial charge is 0.390 e. The molecule has 5 nitrogen and oxygen atoms in total. The number of carbonyl (C=O) groups is 1. The summed E-state index contributed by atoms with van der Waals surface area (Å²) in [7, 11) is 1.76. The number of carbonyl (C=O) groups excluding carboxylic acids is 1. The molecule has 2 heterocycles. The van der Waals surface area contributed by atoms with Crippen LogP contribution in [-0.2, 0) is 20.2 Å². The Bertz CT molecular complexity index is 1130. The lowest BCUT2D eigenvalue weighted by Gasteiger charge is -2.05. The van der Waals surface area contributed by atoms with Crippen molar-refractivity contribution in [1.82, 2.24) is 14.1 Å². The second-order valence-corrected chi connectivity index (χ2v) is 6.90. The Labute approximate surface area is 161 Å². The summed E-state index contributed by atoms with van der Waals surface area (Å²) in [4.78, 5) is 17.4. The number of fused-ring (bicyclic) bond motifs is 1. The lowest BCUT2D eigenvalue weighted by atomic mass is 10.1. The highest BCUT2D eigenvalue weighted by Gasteiger charge is 2.21. The smallest absolute Gasteiger partial charge is 0.230 e. The van der Waals surface area contributed by atoms with E-state index in [1.165, 1.54) is 0 Å². The minimum absolute atomic E-state index is 0.164. The number of hydrogen-bond donors (Lipinski definition) is 1. The van der Waals surface area contributed by atoms with Gasteiger partial charge >= 0.3 is 0 Å². The van der Waals surface area contributed by atoms with E-state index in [0.29, 0.717) is 28.6 Å². The molecule has 0 fully saturated rings. The number of hydrogen-bond acceptors (Lipinski definition) is 3. The lowest BCUT2D eigenvalue weighted by Crippen LogP contribution is -2.08. The standard InChI is InChI=1S/C21H18ClN3O2/c1-24-11-16(13-26)23-21(24)20(27)18-12-25(19-5-3-2-4-17(18)19)10-14-6-8-15(22)9-7-14/h2-9,11-12,26H,10,13H2,1H3. The summed E-state index contributed by atoms with van der Waals surface area (Å²) in [6, 6.07) is 15.5. The van der Waals surface area contributed by atoms with Gasteiger partial charge in [-0.05, 0) is 23.8 Å². The van der Waals surface area contributed by atoms with Crippen LogP contribution in [0.1, 0.15) is 27.4 Å². The predicted molar refractivity (Wildman–Crippen MR) is 105 cm³/mol. The Morgan fingerprint density at radius 3 is 2.56 bits per heavy atom. The number of nitrogens with zero attached hydrogens (tertiary/aromatic N) is 3. The molecule has 1 N–H and O–H groups in total. The van der Waals surface area contributed by atoms with Gasteiger partial charge in [0.25, 0.3) is 0 Å². The maximum Gasteiger partial charge on any atom is 0.230 e. The highest BCUT2D eigenvalue weighted by Crippen LogP contribution is 2.25. The first-order chi connectivity index (χ1) is 13.1. The fourth-order valence-corrected chi connectivity index (χ4v) is 3.41. The number of ketones is 1. The van der Waals surface area contributed by atoms with E-state index in [4.69, 9.17) is 11.6 Å². The van der Waals surface area contributed by atoms with E-state index in [1.807, 2.05) is 54.7 Å². The first-order valence-electron chi connectivity index (χ1n) is 8.57. The van der Waals surface area contributed by atoms with Crippen LogP contribution in [0.3, 0.4) is 0 Å².